The Bertz CT molecular complexity index is 131. The van der Waals surface area contributed by atoms with E-state index in [-0.39, 0.29) is 11.5 Å². The van der Waals surface area contributed by atoms with Crippen LogP contribution in [0.1, 0.15) is 27.7 Å². The third kappa shape index (κ3) is 3.51. The summed E-state index contributed by atoms with van der Waals surface area (Å²) in [7, 11) is 0. The Morgan fingerprint density at radius 1 is 1.50 bits per heavy atom. The van der Waals surface area contributed by atoms with Gasteiger partial charge in [-0.15, -0.1) is 0 Å². The lowest BCUT2D eigenvalue weighted by atomic mass is 9.93. The predicted octanol–water partition coefficient (Wildman–Crippen LogP) is 1.10. The van der Waals surface area contributed by atoms with Crippen LogP contribution in [0.15, 0.2) is 11.8 Å². The molecular weight excluding hydrogens is 126 g/mol. The van der Waals surface area contributed by atoms with Crippen LogP contribution >= 0.6 is 0 Å². The molecule has 0 aromatic carbocycles. The highest BCUT2D eigenvalue weighted by molar-refractivity contribution is 5.02. The normalized spacial score (nSPS) is 17.1. The van der Waals surface area contributed by atoms with Gasteiger partial charge in [0, 0.05) is 11.5 Å². The zero-order valence-electron chi connectivity index (χ0n) is 7.31. The highest BCUT2D eigenvalue weighted by Gasteiger charge is 2.16. The van der Waals surface area contributed by atoms with E-state index in [0.717, 1.165) is 0 Å². The molecule has 0 saturated carbocycles. The van der Waals surface area contributed by atoms with Gasteiger partial charge in [0.05, 0.1) is 5.76 Å². The average molecular weight is 144 g/mol. The van der Waals surface area contributed by atoms with Crippen molar-refractivity contribution in [1.82, 2.24) is 0 Å². The predicted molar refractivity (Wildman–Crippen MR) is 42.5 cm³/mol. The maximum atomic E-state index is 9.38. The lowest BCUT2D eigenvalue weighted by Crippen LogP contribution is -2.58. The number of hydrogen-bond donors (Lipinski definition) is 2. The van der Waals surface area contributed by atoms with Gasteiger partial charge in [0.15, 0.2) is 0 Å². The summed E-state index contributed by atoms with van der Waals surface area (Å²) in [6.45, 7) is 7.87. The highest BCUT2D eigenvalue weighted by atomic mass is 16.3. The fourth-order valence-electron chi connectivity index (χ4n) is 0.519. The summed E-state index contributed by atoms with van der Waals surface area (Å²) in [4.78, 5) is 0. The minimum absolute atomic E-state index is 0.133. The van der Waals surface area contributed by atoms with Crippen LogP contribution in [-0.4, -0.2) is 11.1 Å². The number of hydrogen-bond acceptors (Lipinski definition) is 1. The van der Waals surface area contributed by atoms with Crippen LogP contribution in [0.3, 0.4) is 0 Å². The molecule has 0 aromatic rings. The van der Waals surface area contributed by atoms with Gasteiger partial charge in [-0.05, 0) is 6.92 Å². The average Bonchev–Trinajstić information content (AvgIpc) is 1.60. The minimum atomic E-state index is -0.133. The van der Waals surface area contributed by atoms with Crippen molar-refractivity contribution in [2.45, 2.75) is 33.7 Å². The van der Waals surface area contributed by atoms with Crippen molar-refractivity contribution in [1.29, 1.82) is 0 Å². The Kier molecular flexibility index (Phi) is 2.91. The van der Waals surface area contributed by atoms with Gasteiger partial charge in [-0.1, -0.05) is 20.8 Å². The second kappa shape index (κ2) is 3.06. The summed E-state index contributed by atoms with van der Waals surface area (Å²) in [5, 5.41) is 9.38. The van der Waals surface area contributed by atoms with Crippen LogP contribution in [0.25, 0.3) is 0 Å². The van der Waals surface area contributed by atoms with Crippen LogP contribution in [0.5, 0.6) is 0 Å². The fourth-order valence-corrected chi connectivity index (χ4v) is 0.519. The van der Waals surface area contributed by atoms with Crippen molar-refractivity contribution >= 4 is 0 Å². The first-order valence-electron chi connectivity index (χ1n) is 3.58. The molecule has 4 N–H and O–H groups in total. The molecule has 0 heterocycles. The minimum Gasteiger partial charge on any atom is -0.512 e. The van der Waals surface area contributed by atoms with Gasteiger partial charge in [0.1, 0.15) is 6.04 Å². The first kappa shape index (κ1) is 9.50. The number of allylic oxidation sites excluding steroid dienone is 1. The van der Waals surface area contributed by atoms with Gasteiger partial charge in [0.2, 0.25) is 0 Å². The zero-order valence-corrected chi connectivity index (χ0v) is 7.31. The van der Waals surface area contributed by atoms with Gasteiger partial charge in [0.25, 0.3) is 0 Å². The summed E-state index contributed by atoms with van der Waals surface area (Å²) < 4.78 is 0. The van der Waals surface area contributed by atoms with E-state index in [2.05, 4.69) is 5.73 Å². The number of quaternary nitrogens is 1. The molecule has 2 nitrogen and oxygen atoms in total. The van der Waals surface area contributed by atoms with Gasteiger partial charge < -0.3 is 10.8 Å². The Balaban J connectivity index is 4.20. The molecule has 0 aliphatic rings. The van der Waals surface area contributed by atoms with Crippen LogP contribution in [-0.2, 0) is 0 Å². The molecule has 0 spiro atoms. The van der Waals surface area contributed by atoms with E-state index in [4.69, 9.17) is 0 Å². The summed E-state index contributed by atoms with van der Waals surface area (Å²) in [6, 6.07) is 0.180. The second-order valence-electron chi connectivity index (χ2n) is 3.78. The van der Waals surface area contributed by atoms with Crippen molar-refractivity contribution in [2.24, 2.45) is 5.41 Å². The van der Waals surface area contributed by atoms with Gasteiger partial charge in [-0.3, -0.25) is 0 Å². The van der Waals surface area contributed by atoms with Crippen molar-refractivity contribution in [3.05, 3.63) is 11.8 Å². The van der Waals surface area contributed by atoms with Crippen molar-refractivity contribution < 1.29 is 10.8 Å². The molecule has 1 atom stereocenters. The maximum absolute atomic E-state index is 9.38. The van der Waals surface area contributed by atoms with Crippen molar-refractivity contribution in [3.8, 4) is 0 Å². The molecule has 1 unspecified atom stereocenters. The molecule has 0 rings (SSSR count). The van der Waals surface area contributed by atoms with E-state index in [1.54, 1.807) is 6.08 Å². The zero-order chi connectivity index (χ0) is 8.36. The van der Waals surface area contributed by atoms with Gasteiger partial charge in [-0.2, -0.15) is 0 Å². The molecule has 0 saturated heterocycles. The lowest BCUT2D eigenvalue weighted by molar-refractivity contribution is -0.397. The van der Waals surface area contributed by atoms with E-state index in [9.17, 15) is 5.11 Å². The molecule has 2 heteroatoms. The molecule has 0 aliphatic carbocycles. The summed E-state index contributed by atoms with van der Waals surface area (Å²) in [6.07, 6.45) is 1.78. The van der Waals surface area contributed by atoms with Crippen LogP contribution in [0.2, 0.25) is 0 Å². The molecule has 0 bridgehead atoms. The third-order valence-electron chi connectivity index (χ3n) is 1.21. The Labute approximate surface area is 62.7 Å². The Morgan fingerprint density at radius 3 is 2.00 bits per heavy atom. The number of aliphatic hydroxyl groups is 1. The molecule has 60 valence electrons. The Morgan fingerprint density at radius 2 is 1.90 bits per heavy atom. The molecule has 10 heavy (non-hydrogen) atoms. The van der Waals surface area contributed by atoms with Gasteiger partial charge >= 0.3 is 0 Å². The Hall–Kier alpha value is -0.500. The van der Waals surface area contributed by atoms with E-state index in [1.165, 1.54) is 0 Å². The van der Waals surface area contributed by atoms with Crippen molar-refractivity contribution in [2.75, 3.05) is 0 Å². The molecule has 0 aliphatic heterocycles. The first-order chi connectivity index (χ1) is 4.34. The van der Waals surface area contributed by atoms with Crippen LogP contribution < -0.4 is 5.73 Å². The fraction of sp³-hybridized carbons (Fsp3) is 0.750. The number of rotatable bonds is 1. The first-order valence-corrected chi connectivity index (χ1v) is 3.58. The van der Waals surface area contributed by atoms with E-state index >= 15 is 0 Å². The second-order valence-corrected chi connectivity index (χ2v) is 3.78. The van der Waals surface area contributed by atoms with Crippen LogP contribution in [0.4, 0.5) is 0 Å². The number of aliphatic hydroxyl groups excluding tert-OH is 1. The molecule has 0 fully saturated rings. The van der Waals surface area contributed by atoms with Crippen molar-refractivity contribution in [3.63, 3.8) is 0 Å². The SMILES string of the molecule is CC([NH3+])/C=C(\O)C(C)(C)C. The topological polar surface area (TPSA) is 47.9 Å². The van der Waals surface area contributed by atoms with Crippen LogP contribution in [0, 0.1) is 5.41 Å². The third-order valence-corrected chi connectivity index (χ3v) is 1.21. The van der Waals surface area contributed by atoms with E-state index in [0.29, 0.717) is 5.76 Å². The summed E-state index contributed by atoms with van der Waals surface area (Å²) in [5.74, 6) is 0.426. The monoisotopic (exact) mass is 144 g/mol. The molecule has 0 radical (unpaired) electrons. The quantitative estimate of drug-likeness (QED) is 0.532. The lowest BCUT2D eigenvalue weighted by Gasteiger charge is -2.17. The van der Waals surface area contributed by atoms with E-state index in [1.807, 2.05) is 27.7 Å². The summed E-state index contributed by atoms with van der Waals surface area (Å²) in [5.41, 5.74) is 3.62. The van der Waals surface area contributed by atoms with E-state index < -0.39 is 0 Å². The molecular formula is C8H18NO+. The largest absolute Gasteiger partial charge is 0.512 e. The maximum Gasteiger partial charge on any atom is 0.104 e. The standard InChI is InChI=1S/C8H17NO/c1-6(9)5-7(10)8(2,3)4/h5-6,10H,9H2,1-4H3/p+1/b7-5-. The molecule has 0 aromatic heterocycles. The smallest absolute Gasteiger partial charge is 0.104 e. The molecule has 0 amide bonds. The highest BCUT2D eigenvalue weighted by Crippen LogP contribution is 2.22. The summed E-state index contributed by atoms with van der Waals surface area (Å²) >= 11 is 0. The van der Waals surface area contributed by atoms with Gasteiger partial charge in [-0.25, -0.2) is 0 Å².